The van der Waals surface area contributed by atoms with Crippen molar-refractivity contribution in [3.05, 3.63) is 35.4 Å². The Kier molecular flexibility index (Phi) is 7.80. The minimum absolute atomic E-state index is 0.0776. The van der Waals surface area contributed by atoms with Gasteiger partial charge in [-0.05, 0) is 31.0 Å². The predicted octanol–water partition coefficient (Wildman–Crippen LogP) is 2.06. The van der Waals surface area contributed by atoms with Gasteiger partial charge in [0.15, 0.2) is 0 Å². The molecule has 0 bridgehead atoms. The minimum atomic E-state index is -0.917. The number of hydrogen-bond acceptors (Lipinski definition) is 3. The number of rotatable bonds is 9. The van der Waals surface area contributed by atoms with E-state index < -0.39 is 11.9 Å². The average molecular weight is 320 g/mol. The molecule has 0 saturated carbocycles. The topological polar surface area (TPSA) is 95.5 Å². The van der Waals surface area contributed by atoms with Gasteiger partial charge >= 0.3 is 5.97 Å². The summed E-state index contributed by atoms with van der Waals surface area (Å²) in [5, 5.41) is 14.5. The number of carbonyl (C=O) groups excluding carboxylic acids is 2. The molecule has 6 heteroatoms. The van der Waals surface area contributed by atoms with E-state index in [1.807, 2.05) is 13.8 Å². The van der Waals surface area contributed by atoms with Gasteiger partial charge in [0.25, 0.3) is 11.8 Å². The van der Waals surface area contributed by atoms with Crippen molar-refractivity contribution in [3.8, 4) is 0 Å². The Balaban J connectivity index is 2.69. The zero-order chi connectivity index (χ0) is 17.2. The molecule has 0 fully saturated rings. The quantitative estimate of drug-likeness (QED) is 0.649. The lowest BCUT2D eigenvalue weighted by Gasteiger charge is -2.12. The molecule has 6 nitrogen and oxygen atoms in total. The molecule has 3 N–H and O–H groups in total. The molecule has 23 heavy (non-hydrogen) atoms. The van der Waals surface area contributed by atoms with Crippen LogP contribution in [0, 0.1) is 5.92 Å². The summed E-state index contributed by atoms with van der Waals surface area (Å²) in [6.45, 7) is 4.51. The molecule has 1 aromatic carbocycles. The van der Waals surface area contributed by atoms with Gasteiger partial charge in [0.2, 0.25) is 0 Å². The molecule has 0 aliphatic carbocycles. The molecule has 0 spiro atoms. The fraction of sp³-hybridized carbons (Fsp3) is 0.471. The van der Waals surface area contributed by atoms with Crippen LogP contribution in [0.15, 0.2) is 24.3 Å². The molecular weight excluding hydrogens is 296 g/mol. The molecule has 0 radical (unpaired) electrons. The molecule has 1 unspecified atom stereocenters. The zero-order valence-corrected chi connectivity index (χ0v) is 13.6. The largest absolute Gasteiger partial charge is 0.481 e. The minimum Gasteiger partial charge on any atom is -0.481 e. The number of hydrogen-bond donors (Lipinski definition) is 3. The van der Waals surface area contributed by atoms with E-state index in [1.165, 1.54) is 6.07 Å². The van der Waals surface area contributed by atoms with E-state index in [-0.39, 0.29) is 18.4 Å². The standard InChI is InChI=1S/C17H24N2O4/c1-3-6-14(17(22)23)11-19-16(21)13-8-5-7-12(10-13)15(20)18-9-4-2/h5,7-8,10,14H,3-4,6,9,11H2,1-2H3,(H,18,20)(H,19,21)(H,22,23). The average Bonchev–Trinajstić information content (AvgIpc) is 2.55. The van der Waals surface area contributed by atoms with Crippen LogP contribution in [0.25, 0.3) is 0 Å². The van der Waals surface area contributed by atoms with Crippen LogP contribution in [0.1, 0.15) is 53.8 Å². The van der Waals surface area contributed by atoms with Gasteiger partial charge in [-0.3, -0.25) is 14.4 Å². The third-order valence-corrected chi connectivity index (χ3v) is 3.42. The highest BCUT2D eigenvalue weighted by Gasteiger charge is 2.18. The van der Waals surface area contributed by atoms with Crippen LogP contribution >= 0.6 is 0 Å². The number of benzene rings is 1. The third-order valence-electron chi connectivity index (χ3n) is 3.42. The number of carbonyl (C=O) groups is 3. The van der Waals surface area contributed by atoms with Gasteiger partial charge in [0, 0.05) is 24.2 Å². The Hall–Kier alpha value is -2.37. The second-order valence-electron chi connectivity index (χ2n) is 5.37. The highest BCUT2D eigenvalue weighted by atomic mass is 16.4. The lowest BCUT2D eigenvalue weighted by molar-refractivity contribution is -0.141. The maximum absolute atomic E-state index is 12.1. The molecule has 2 amide bonds. The van der Waals surface area contributed by atoms with Crippen LogP contribution in [0.3, 0.4) is 0 Å². The van der Waals surface area contributed by atoms with E-state index in [9.17, 15) is 14.4 Å². The molecule has 0 aromatic heterocycles. The molecule has 0 saturated heterocycles. The zero-order valence-electron chi connectivity index (χ0n) is 13.6. The van der Waals surface area contributed by atoms with E-state index in [0.717, 1.165) is 12.8 Å². The Morgan fingerprint density at radius 2 is 1.65 bits per heavy atom. The third kappa shape index (κ3) is 6.10. The number of nitrogens with one attached hydrogen (secondary N) is 2. The fourth-order valence-corrected chi connectivity index (χ4v) is 2.12. The highest BCUT2D eigenvalue weighted by molar-refractivity contribution is 5.99. The lowest BCUT2D eigenvalue weighted by Crippen LogP contribution is -2.33. The molecule has 1 atom stereocenters. The molecule has 0 heterocycles. The maximum Gasteiger partial charge on any atom is 0.308 e. The van der Waals surface area contributed by atoms with Crippen LogP contribution in [-0.4, -0.2) is 36.0 Å². The molecule has 126 valence electrons. The second-order valence-corrected chi connectivity index (χ2v) is 5.37. The van der Waals surface area contributed by atoms with E-state index >= 15 is 0 Å². The molecule has 0 aliphatic heterocycles. The van der Waals surface area contributed by atoms with Crippen LogP contribution in [0.5, 0.6) is 0 Å². The summed E-state index contributed by atoms with van der Waals surface area (Å²) in [6.07, 6.45) is 2.08. The van der Waals surface area contributed by atoms with Gasteiger partial charge in [-0.25, -0.2) is 0 Å². The second kappa shape index (κ2) is 9.61. The molecule has 1 rings (SSSR count). The molecule has 1 aromatic rings. The van der Waals surface area contributed by atoms with E-state index in [1.54, 1.807) is 18.2 Å². The van der Waals surface area contributed by atoms with Crippen molar-refractivity contribution >= 4 is 17.8 Å². The Morgan fingerprint density at radius 3 is 2.17 bits per heavy atom. The summed E-state index contributed by atoms with van der Waals surface area (Å²) in [7, 11) is 0. The predicted molar refractivity (Wildman–Crippen MR) is 87.4 cm³/mol. The van der Waals surface area contributed by atoms with Crippen LogP contribution in [0.4, 0.5) is 0 Å². The molecule has 0 aliphatic rings. The van der Waals surface area contributed by atoms with Gasteiger partial charge in [0.1, 0.15) is 0 Å². The monoisotopic (exact) mass is 320 g/mol. The van der Waals surface area contributed by atoms with E-state index in [4.69, 9.17) is 5.11 Å². The maximum atomic E-state index is 12.1. The first-order valence-electron chi connectivity index (χ1n) is 7.88. The smallest absolute Gasteiger partial charge is 0.308 e. The van der Waals surface area contributed by atoms with Crippen molar-refractivity contribution in [2.24, 2.45) is 5.92 Å². The summed E-state index contributed by atoms with van der Waals surface area (Å²) in [5.41, 5.74) is 0.754. The van der Waals surface area contributed by atoms with Crippen molar-refractivity contribution in [1.29, 1.82) is 0 Å². The van der Waals surface area contributed by atoms with Crippen LogP contribution in [-0.2, 0) is 4.79 Å². The van der Waals surface area contributed by atoms with Crippen molar-refractivity contribution in [3.63, 3.8) is 0 Å². The Morgan fingerprint density at radius 1 is 1.04 bits per heavy atom. The lowest BCUT2D eigenvalue weighted by atomic mass is 10.0. The van der Waals surface area contributed by atoms with Crippen molar-refractivity contribution in [1.82, 2.24) is 10.6 Å². The first kappa shape index (κ1) is 18.7. The van der Waals surface area contributed by atoms with Gasteiger partial charge in [-0.1, -0.05) is 26.3 Å². The normalized spacial score (nSPS) is 11.6. The summed E-state index contributed by atoms with van der Waals surface area (Å²) in [5.74, 6) is -2.12. The number of carboxylic acids is 1. The summed E-state index contributed by atoms with van der Waals surface area (Å²) < 4.78 is 0. The first-order valence-corrected chi connectivity index (χ1v) is 7.88. The summed E-state index contributed by atoms with van der Waals surface area (Å²) in [4.78, 5) is 35.1. The van der Waals surface area contributed by atoms with Gasteiger partial charge in [-0.15, -0.1) is 0 Å². The summed E-state index contributed by atoms with van der Waals surface area (Å²) in [6, 6.07) is 6.38. The van der Waals surface area contributed by atoms with E-state index in [0.29, 0.717) is 24.1 Å². The first-order chi connectivity index (χ1) is 11.0. The van der Waals surface area contributed by atoms with Gasteiger partial charge in [-0.2, -0.15) is 0 Å². The Labute approximate surface area is 136 Å². The molecular formula is C17H24N2O4. The SMILES string of the molecule is CCCNC(=O)c1cccc(C(=O)NCC(CCC)C(=O)O)c1. The van der Waals surface area contributed by atoms with Gasteiger partial charge in [0.05, 0.1) is 5.92 Å². The fourth-order valence-electron chi connectivity index (χ4n) is 2.12. The summed E-state index contributed by atoms with van der Waals surface area (Å²) >= 11 is 0. The van der Waals surface area contributed by atoms with Gasteiger partial charge < -0.3 is 15.7 Å². The van der Waals surface area contributed by atoms with Crippen molar-refractivity contribution in [2.45, 2.75) is 33.1 Å². The van der Waals surface area contributed by atoms with Crippen LogP contribution in [0.2, 0.25) is 0 Å². The number of amides is 2. The number of aliphatic carboxylic acids is 1. The number of carboxylic acid groups (broad SMARTS) is 1. The van der Waals surface area contributed by atoms with Crippen LogP contribution < -0.4 is 10.6 Å². The van der Waals surface area contributed by atoms with Crippen molar-refractivity contribution in [2.75, 3.05) is 13.1 Å². The van der Waals surface area contributed by atoms with Crippen molar-refractivity contribution < 1.29 is 19.5 Å². The van der Waals surface area contributed by atoms with E-state index in [2.05, 4.69) is 10.6 Å². The highest BCUT2D eigenvalue weighted by Crippen LogP contribution is 2.08. The Bertz CT molecular complexity index is 557.